The summed E-state index contributed by atoms with van der Waals surface area (Å²) in [5, 5.41) is 16.9. The van der Waals surface area contributed by atoms with Gasteiger partial charge in [0.1, 0.15) is 0 Å². The summed E-state index contributed by atoms with van der Waals surface area (Å²) in [6.07, 6.45) is 22.5. The Morgan fingerprint density at radius 2 is 0.844 bits per heavy atom. The van der Waals surface area contributed by atoms with Crippen molar-refractivity contribution in [2.75, 3.05) is 33.0 Å². The zero-order valence-corrected chi connectivity index (χ0v) is 53.9. The van der Waals surface area contributed by atoms with Crippen LogP contribution in [0, 0.1) is 17.8 Å². The van der Waals surface area contributed by atoms with Crippen LogP contribution in [0.15, 0.2) is 64.8 Å². The van der Waals surface area contributed by atoms with Crippen molar-refractivity contribution in [2.45, 2.75) is 224 Å². The minimum atomic E-state index is -1.14. The van der Waals surface area contributed by atoms with E-state index in [-0.39, 0.29) is 73.8 Å². The van der Waals surface area contributed by atoms with Crippen LogP contribution in [0.5, 0.6) is 0 Å². The maximum absolute atomic E-state index is 16.0. The molecule has 1 saturated carbocycles. The fourth-order valence-electron chi connectivity index (χ4n) is 20.8. The second kappa shape index (κ2) is 22.2. The summed E-state index contributed by atoms with van der Waals surface area (Å²) in [6.45, 7) is 12.5. The molecule has 0 saturated heterocycles. The molecular weight excluding hydrogens is 1120 g/mol. The molecule has 8 aliphatic carbocycles. The SMILES string of the molecule is CCCCCCOC(=O)CC1C=C2c3ccc4c5ccc6c7ccc8c9c%10c%11c%12c%13c%14c(c3c4c%13c5c6c%12c97)C2(CC(=O)OCCCCCC)C2=C1C1C(=C2[C@@]%14%11CC(=O)OCCCCCC)C%10(CC(=O)OCCCCCC)C8CC1CC(=O)OCCCCCC. The van der Waals surface area contributed by atoms with Gasteiger partial charge in [0.05, 0.1) is 69.5 Å². The van der Waals surface area contributed by atoms with Crippen molar-refractivity contribution in [3.63, 3.8) is 0 Å². The summed E-state index contributed by atoms with van der Waals surface area (Å²) in [4.78, 5) is 77.9. The van der Waals surface area contributed by atoms with Gasteiger partial charge in [-0.3, -0.25) is 24.0 Å². The number of ether oxygens (including phenoxy) is 5. The van der Waals surface area contributed by atoms with Gasteiger partial charge in [0, 0.05) is 23.7 Å². The van der Waals surface area contributed by atoms with Crippen LogP contribution >= 0.6 is 0 Å². The first-order chi connectivity index (χ1) is 44.1. The predicted molar refractivity (Wildman–Crippen MR) is 356 cm³/mol. The number of fused-ring (bicyclic) bond motifs is 5. The molecule has 0 bridgehead atoms. The molecule has 8 aromatic carbocycles. The Morgan fingerprint density at radius 1 is 0.411 bits per heavy atom. The number of rotatable bonds is 35. The van der Waals surface area contributed by atoms with Crippen LogP contribution < -0.4 is 0 Å². The first-order valence-corrected chi connectivity index (χ1v) is 35.6. The van der Waals surface area contributed by atoms with Gasteiger partial charge in [-0.2, -0.15) is 0 Å². The standard InChI is InChI=1S/C80H88O10/c1-6-11-16-21-32-86-54(81)39-44-37-52-50-30-28-48-46-26-27-47-49-29-31-51-53-38-45(40-55(82)87-33-22-17-12-7-2)60-59(44)71-77-72(60)79(53,42-57(84)89-35-24-19-14-9-4)74-66(51)64(49)68-62(47)61(46)67-63(48)65(50)73(78(52,71)41-56(83)88-34-23-18-13-8-3)75-69(67)70(68)76(74)80(75,77)43-58(85)90-36-25-20-15-10-5/h26-31,37,44-45,53,60H,6-25,32-36,38-43H2,1-5H3/t44?,45?,53?,60?,78?,79?,80-/m0/s1. The average Bonchev–Trinajstić information content (AvgIpc) is 1.41. The van der Waals surface area contributed by atoms with Crippen molar-refractivity contribution in [3.8, 4) is 0 Å². The molecule has 0 amide bonds. The van der Waals surface area contributed by atoms with Crippen molar-refractivity contribution >= 4 is 111 Å². The number of unbranched alkanes of at least 4 members (excludes halogenated alkanes) is 15. The van der Waals surface area contributed by atoms with E-state index >= 15 is 24.0 Å². The molecule has 16 rings (SSSR count). The highest BCUT2D eigenvalue weighted by Gasteiger charge is 2.75. The molecule has 10 heteroatoms. The largest absolute Gasteiger partial charge is 0.466 e. The summed E-state index contributed by atoms with van der Waals surface area (Å²) in [7, 11) is 0. The van der Waals surface area contributed by atoms with Gasteiger partial charge in [0.2, 0.25) is 0 Å². The molecule has 1 fully saturated rings. The van der Waals surface area contributed by atoms with Crippen LogP contribution in [-0.4, -0.2) is 62.9 Å². The van der Waals surface area contributed by atoms with Gasteiger partial charge >= 0.3 is 29.8 Å². The minimum Gasteiger partial charge on any atom is -0.466 e. The molecule has 0 N–H and O–H groups in total. The summed E-state index contributed by atoms with van der Waals surface area (Å²) in [6, 6.07) is 14.1. The molecule has 8 aliphatic rings. The molecular formula is C80H88O10. The van der Waals surface area contributed by atoms with E-state index in [1.165, 1.54) is 75.6 Å². The number of allylic oxidation sites excluding steroid dienone is 6. The van der Waals surface area contributed by atoms with Crippen molar-refractivity contribution in [1.29, 1.82) is 0 Å². The fraction of sp³-hybridized carbons (Fsp3) is 0.537. The van der Waals surface area contributed by atoms with E-state index in [0.717, 1.165) is 189 Å². The van der Waals surface area contributed by atoms with Gasteiger partial charge in [-0.05, 0) is 181 Å². The summed E-state index contributed by atoms with van der Waals surface area (Å²) in [5.41, 5.74) is 8.67. The zero-order chi connectivity index (χ0) is 61.5. The lowest BCUT2D eigenvalue weighted by Gasteiger charge is -2.56. The monoisotopic (exact) mass is 1210 g/mol. The van der Waals surface area contributed by atoms with Gasteiger partial charge in [-0.15, -0.1) is 0 Å². The third-order valence-corrected chi connectivity index (χ3v) is 23.9. The maximum Gasteiger partial charge on any atom is 0.307 e. The van der Waals surface area contributed by atoms with Crippen LogP contribution in [0.3, 0.4) is 0 Å². The maximum atomic E-state index is 16.0. The lowest BCUT2D eigenvalue weighted by molar-refractivity contribution is -0.147. The lowest BCUT2D eigenvalue weighted by atomic mass is 9.45. The highest BCUT2D eigenvalue weighted by molar-refractivity contribution is 6.54. The lowest BCUT2D eigenvalue weighted by Crippen LogP contribution is -2.53. The highest BCUT2D eigenvalue weighted by atomic mass is 16.5. The van der Waals surface area contributed by atoms with Crippen LogP contribution in [0.2, 0.25) is 0 Å². The Bertz CT molecular complexity index is 4380. The van der Waals surface area contributed by atoms with Crippen molar-refractivity contribution in [3.05, 3.63) is 98.1 Å². The van der Waals surface area contributed by atoms with E-state index in [1.54, 1.807) is 0 Å². The molecule has 468 valence electrons. The van der Waals surface area contributed by atoms with Crippen LogP contribution in [0.1, 0.15) is 241 Å². The smallest absolute Gasteiger partial charge is 0.307 e. The number of esters is 5. The van der Waals surface area contributed by atoms with Gasteiger partial charge in [0.15, 0.2) is 0 Å². The number of benzene rings is 6. The second-order valence-electron chi connectivity index (χ2n) is 28.7. The molecule has 0 aromatic heterocycles. The van der Waals surface area contributed by atoms with Gasteiger partial charge in [-0.25, -0.2) is 0 Å². The van der Waals surface area contributed by atoms with E-state index in [1.807, 2.05) is 0 Å². The Labute approximate surface area is 528 Å². The van der Waals surface area contributed by atoms with Gasteiger partial charge in [-0.1, -0.05) is 179 Å². The first-order valence-electron chi connectivity index (χ1n) is 35.6. The normalized spacial score (nSPS) is 23.9. The molecule has 6 unspecified atom stereocenters. The number of hydrogen-bond acceptors (Lipinski definition) is 10. The quantitative estimate of drug-likeness (QED) is 0.0164. The molecule has 0 radical (unpaired) electrons. The number of hydrogen-bond donors (Lipinski definition) is 0. The fourth-order valence-corrected chi connectivity index (χ4v) is 20.8. The van der Waals surface area contributed by atoms with Crippen LogP contribution in [0.4, 0.5) is 0 Å². The minimum absolute atomic E-state index is 0.0139. The second-order valence-corrected chi connectivity index (χ2v) is 28.7. The number of carbonyl (C=O) groups is 5. The highest BCUT2D eigenvalue weighted by Crippen LogP contribution is 2.84. The Kier molecular flexibility index (Phi) is 14.4. The average molecular weight is 1210 g/mol. The Hall–Kier alpha value is -6.81. The third-order valence-electron chi connectivity index (χ3n) is 23.9. The summed E-state index contributed by atoms with van der Waals surface area (Å²) in [5.74, 6) is -2.94. The first kappa shape index (κ1) is 58.3. The third kappa shape index (κ3) is 7.71. The predicted octanol–water partition coefficient (Wildman–Crippen LogP) is 18.5. The zero-order valence-electron chi connectivity index (χ0n) is 53.9. The summed E-state index contributed by atoms with van der Waals surface area (Å²) >= 11 is 0. The molecule has 0 heterocycles. The molecule has 0 spiro atoms. The van der Waals surface area contributed by atoms with Crippen molar-refractivity contribution in [1.82, 2.24) is 0 Å². The molecule has 0 aliphatic heterocycles. The topological polar surface area (TPSA) is 132 Å². The van der Waals surface area contributed by atoms with Gasteiger partial charge < -0.3 is 23.7 Å². The van der Waals surface area contributed by atoms with Crippen LogP contribution in [-0.2, 0) is 63.9 Å². The van der Waals surface area contributed by atoms with E-state index in [2.05, 4.69) is 77.1 Å². The molecule has 10 nitrogen and oxygen atoms in total. The van der Waals surface area contributed by atoms with E-state index in [9.17, 15) is 0 Å². The molecule has 90 heavy (non-hydrogen) atoms. The Balaban J connectivity index is 1.03. The molecule has 8 aromatic rings. The Morgan fingerprint density at radius 3 is 1.38 bits per heavy atom. The summed E-state index contributed by atoms with van der Waals surface area (Å²) < 4.78 is 32.4. The van der Waals surface area contributed by atoms with Crippen molar-refractivity contribution < 1.29 is 47.7 Å². The van der Waals surface area contributed by atoms with E-state index in [0.29, 0.717) is 39.5 Å². The van der Waals surface area contributed by atoms with Crippen molar-refractivity contribution in [2.24, 2.45) is 17.8 Å². The van der Waals surface area contributed by atoms with E-state index < -0.39 is 28.1 Å². The molecule has 7 atom stereocenters. The van der Waals surface area contributed by atoms with Crippen LogP contribution in [0.25, 0.3) is 81.0 Å². The number of carbonyl (C=O) groups excluding carboxylic acids is 5. The van der Waals surface area contributed by atoms with E-state index in [4.69, 9.17) is 23.7 Å². The van der Waals surface area contributed by atoms with Gasteiger partial charge in [0.25, 0.3) is 0 Å².